The number of aromatic nitrogens is 2. The third kappa shape index (κ3) is 19.3. The molecule has 5 unspecified atom stereocenters. The van der Waals surface area contributed by atoms with Crippen molar-refractivity contribution < 1.29 is 103 Å². The minimum absolute atomic E-state index is 0. The summed E-state index contributed by atoms with van der Waals surface area (Å²) in [5, 5.41) is 54.9. The molecule has 0 spiro atoms. The number of nitrogens with zero attached hydrogens (tertiary/aromatic N) is 5. The molecule has 661 valence electrons. The molecular formula is C86H108CoN15O19PS. The number of imidazole rings is 1. The van der Waals surface area contributed by atoms with Crippen molar-refractivity contribution in [3.05, 3.63) is 141 Å². The summed E-state index contributed by atoms with van der Waals surface area (Å²) >= 11 is 5.22. The average molecular weight is 1780 g/mol. The van der Waals surface area contributed by atoms with Crippen LogP contribution in [0.5, 0.6) is 5.75 Å². The quantitative estimate of drug-likeness (QED) is 0.00900. The van der Waals surface area contributed by atoms with Crippen molar-refractivity contribution in [2.45, 2.75) is 195 Å². The number of allylic oxidation sites excluding steroid dienone is 6. The van der Waals surface area contributed by atoms with Crippen molar-refractivity contribution in [2.75, 3.05) is 25.0 Å². The van der Waals surface area contributed by atoms with Gasteiger partial charge in [0.25, 0.3) is 7.82 Å². The van der Waals surface area contributed by atoms with Crippen LogP contribution in [-0.2, 0) is 68.7 Å². The number of ether oxygens (including phenoxy) is 1. The molecule has 1 aliphatic carbocycles. The van der Waals surface area contributed by atoms with E-state index < -0.39 is 149 Å². The average Bonchev–Trinajstić information content (AvgIpc) is 1.53. The first-order valence-electron chi connectivity index (χ1n) is 40.3. The number of aliphatic imine (C=N–C) groups is 3. The number of aromatic carboxylic acids is 1. The SMILES string of the molecule is C/C1=C2N=C(/C=C3\N/C(=C(/C)C4=NC(C)(C5N=C1[C@](C)(CCC(=O)NCC(C)OP(=O)([O-])O[C@@H]1[C@@H](O)[C@@H](n6cnc7cc(C)c(C)cc76)O[C@@H]1CO)C5CC(N)=O)[C@@](C)(CC(N)=O)[C@@H]4CCC(N)=O)[C@@](C)(CC(N)=O)[C@@H]3CCC(N)=O)C(C)(C)[C@@H]/2CCC(N)=O.[CH2-]CCNC(=S)Nc1ccc(-c2c3ccc(=O)cc-3oc3cc(O)ccc23)c(C(=O)O)c1.[Co+2]. The normalized spacial score (nSPS) is 27.9. The number of benzene rings is 4. The standard InChI is InChI=1S/C62H90N13O14P.C24H19N2O5S.Co/c1-29-20-39-40(21-30(29)2)75(28-70-39)57-52(84)53(41(27-76)87-57)89-90(85,86)88-31(3)26-69-49(83)18-19-59(8)37(22-46(66)80)56-62(11)61(10,25-48(68)82)36(14-17-45(65)79)51(74-62)33(5)55-60(9,24-47(67)81)34(12-15-43(63)77)38(71-55)23-42-58(6,7)35(13-16-44(64)78)50(72-42)32(4)54(59)73-56;1-2-9-25-24(32)26-13-3-6-16(19(10-13)23(29)30)22-17-7-4-14(27)11-20(17)31-21-12-15(28)5-8-18(21)22;/h20-21,23,28,31,34-37,41,52-53,56-57,71,76,84H,12-19,22,24-27H2,1-11H3,(H2,63,77)(H2,64,78)(H2,65,79)(H2,66,80)(H2,67,81)(H2,68,82)(H,69,83)(H,85,86);3-8,10-12,27H,1-2,9H2,(H,29,30)(H2,25,26,32);/q;-1;+2/p-1/b38-23-,50-32-,55-33-;;/t31?,34-,35-,36-,37?,41-,52-,53+,56?,57+,59-,60+,61+,62?;;/m1../s1. The molecule has 37 heteroatoms. The zero-order valence-corrected chi connectivity index (χ0v) is 73.1. The second-order valence-electron chi connectivity index (χ2n) is 34.2. The molecule has 20 N–H and O–H groups in total. The Balaban J connectivity index is 0.000000399. The summed E-state index contributed by atoms with van der Waals surface area (Å²) in [6, 6.07) is 16.5. The number of aromatic hydroxyl groups is 1. The van der Waals surface area contributed by atoms with Gasteiger partial charge >= 0.3 is 22.7 Å². The van der Waals surface area contributed by atoms with Gasteiger partial charge in [-0.15, -0.1) is 0 Å². The van der Waals surface area contributed by atoms with Gasteiger partial charge in [-0.25, -0.2) is 9.78 Å². The van der Waals surface area contributed by atoms with Crippen molar-refractivity contribution in [3.63, 3.8) is 0 Å². The number of carbonyl (C=O) groups excluding carboxylic acids is 7. The first-order chi connectivity index (χ1) is 57.2. The Morgan fingerprint density at radius 3 is 2.06 bits per heavy atom. The smallest absolute Gasteiger partial charge is 0.756 e. The van der Waals surface area contributed by atoms with Crippen molar-refractivity contribution in [3.8, 4) is 28.2 Å². The van der Waals surface area contributed by atoms with Gasteiger partial charge in [0.2, 0.25) is 41.4 Å². The minimum Gasteiger partial charge on any atom is -0.756 e. The number of hydrogen-bond donors (Lipinski definition) is 14. The molecule has 34 nitrogen and oxygen atoms in total. The Bertz CT molecular complexity index is 5530. The number of phenolic OH excluding ortho intramolecular Hbond substituents is 1. The number of phenols is 1. The molecule has 4 aromatic rings. The Kier molecular flexibility index (Phi) is 28.7. The summed E-state index contributed by atoms with van der Waals surface area (Å²) in [7, 11) is -5.32. The molecule has 2 fully saturated rings. The fourth-order valence-electron chi connectivity index (χ4n) is 19.0. The fourth-order valence-corrected chi connectivity index (χ4v) is 20.3. The van der Waals surface area contributed by atoms with E-state index in [9.17, 15) is 73.0 Å². The van der Waals surface area contributed by atoms with Crippen molar-refractivity contribution in [2.24, 2.45) is 94.7 Å². The van der Waals surface area contributed by atoms with E-state index in [1.165, 1.54) is 48.1 Å². The van der Waals surface area contributed by atoms with Crippen LogP contribution in [-0.4, -0.2) is 155 Å². The van der Waals surface area contributed by atoms with Gasteiger partial charge in [0, 0.05) is 165 Å². The Morgan fingerprint density at radius 1 is 0.789 bits per heavy atom. The number of anilines is 1. The second kappa shape index (κ2) is 37.2. The van der Waals surface area contributed by atoms with Gasteiger partial charge in [-0.3, -0.25) is 57.9 Å². The van der Waals surface area contributed by atoms with Gasteiger partial charge in [0.1, 0.15) is 35.4 Å². The van der Waals surface area contributed by atoms with Gasteiger partial charge in [-0.1, -0.05) is 40.7 Å². The Morgan fingerprint density at radius 2 is 1.43 bits per heavy atom. The molecule has 0 saturated carbocycles. The van der Waals surface area contributed by atoms with Gasteiger partial charge < -0.3 is 111 Å². The molecule has 7 aliphatic heterocycles. The van der Waals surface area contributed by atoms with Crippen LogP contribution < -0.4 is 66.0 Å². The number of phosphoric acid groups is 1. The molecule has 15 atom stereocenters. The van der Waals surface area contributed by atoms with E-state index in [0.717, 1.165) is 11.1 Å². The number of hydrogen-bond acceptors (Lipinski definition) is 24. The van der Waals surface area contributed by atoms with Crippen LogP contribution in [0.2, 0.25) is 0 Å². The molecule has 8 heterocycles. The summed E-state index contributed by atoms with van der Waals surface area (Å²) < 4.78 is 37.7. The fraction of sp³-hybridized carbons (Fsp3) is 0.477. The summed E-state index contributed by atoms with van der Waals surface area (Å²) in [4.78, 5) is 152. The first kappa shape index (κ1) is 94.8. The summed E-state index contributed by atoms with van der Waals surface area (Å²) in [5.74, 6) is -8.08. The predicted molar refractivity (Wildman–Crippen MR) is 459 cm³/mol. The van der Waals surface area contributed by atoms with E-state index >= 15 is 0 Å². The first-order valence-corrected chi connectivity index (χ1v) is 42.2. The van der Waals surface area contributed by atoms with Crippen molar-refractivity contribution in [1.29, 1.82) is 0 Å². The molecule has 8 aliphatic rings. The number of primary amides is 6. The van der Waals surface area contributed by atoms with E-state index in [4.69, 9.17) is 79.8 Å². The molecule has 7 amide bonds. The minimum atomic E-state index is -5.32. The number of aliphatic hydroxyl groups excluding tert-OH is 2. The molecular weight excluding hydrogens is 1670 g/mol. The molecule has 1 radical (unpaired) electrons. The van der Waals surface area contributed by atoms with Crippen LogP contribution in [0, 0.1) is 66.1 Å². The summed E-state index contributed by atoms with van der Waals surface area (Å²) in [6.07, 6.45) is -3.92. The molecule has 1 aromatic heterocycles. The molecule has 3 aromatic carbocycles. The summed E-state index contributed by atoms with van der Waals surface area (Å²) in [6.45, 7) is 23.4. The topological polar surface area (TPSA) is 575 Å². The number of carboxylic acids is 1. The van der Waals surface area contributed by atoms with Crippen LogP contribution in [0.1, 0.15) is 167 Å². The molecule has 123 heavy (non-hydrogen) atoms. The van der Waals surface area contributed by atoms with Crippen LogP contribution in [0.4, 0.5) is 5.69 Å². The number of thiocarbonyl (C=S) groups is 1. The maximum absolute atomic E-state index is 14.4. The monoisotopic (exact) mass is 1780 g/mol. The van der Waals surface area contributed by atoms with Crippen molar-refractivity contribution >= 4 is 117 Å². The van der Waals surface area contributed by atoms with Gasteiger partial charge in [-0.05, 0) is 168 Å². The van der Waals surface area contributed by atoms with E-state index in [2.05, 4.69) is 33.2 Å². The number of phosphoric ester groups is 1. The Labute approximate surface area is 726 Å². The van der Waals surface area contributed by atoms with Gasteiger partial charge in [0.15, 0.2) is 16.8 Å². The van der Waals surface area contributed by atoms with Crippen LogP contribution in [0.3, 0.4) is 0 Å². The number of carbonyl (C=O) groups is 8. The Hall–Kier alpha value is -10.4. The zero-order chi connectivity index (χ0) is 89.5. The predicted octanol–water partition coefficient (Wildman–Crippen LogP) is 7.01. The zero-order valence-electron chi connectivity index (χ0n) is 70.4. The number of nitrogens with one attached hydrogen (secondary N) is 4. The van der Waals surface area contributed by atoms with Crippen LogP contribution in [0.25, 0.3) is 44.5 Å². The molecule has 2 saturated heterocycles. The third-order valence-corrected chi connectivity index (χ3v) is 26.9. The summed E-state index contributed by atoms with van der Waals surface area (Å²) in [5.41, 5.74) is 39.5. The van der Waals surface area contributed by atoms with Crippen LogP contribution in [0.15, 0.2) is 132 Å². The van der Waals surface area contributed by atoms with Gasteiger partial charge in [0.05, 0.1) is 47.2 Å². The molecule has 8 bridgehead atoms. The molecule has 12 rings (SSSR count). The van der Waals surface area contributed by atoms with E-state index in [1.54, 1.807) is 24.3 Å². The third-order valence-electron chi connectivity index (χ3n) is 25.5. The number of fused-ring (bicyclic) bond motifs is 9. The van der Waals surface area contributed by atoms with E-state index in [-0.39, 0.29) is 111 Å². The number of aliphatic hydroxyl groups is 2. The number of carboxylic acid groups (broad SMARTS) is 1. The maximum atomic E-state index is 14.4. The number of rotatable bonds is 31. The van der Waals surface area contributed by atoms with Crippen LogP contribution >= 0.6 is 20.0 Å². The largest absolute Gasteiger partial charge is 2.00 e. The van der Waals surface area contributed by atoms with Crippen molar-refractivity contribution in [1.82, 2.24) is 25.5 Å². The number of aryl methyl sites for hydroxylation is 2. The van der Waals surface area contributed by atoms with E-state index in [0.29, 0.717) is 114 Å². The second-order valence-corrected chi connectivity index (χ2v) is 35.9. The van der Waals surface area contributed by atoms with E-state index in [1.807, 2.05) is 87.4 Å². The maximum Gasteiger partial charge on any atom is 2.00 e. The van der Waals surface area contributed by atoms with Gasteiger partial charge in [-0.2, -0.15) is 6.42 Å². The number of nitrogens with two attached hydrogens (primary N) is 6. The number of amides is 7.